The molecule has 0 radical (unpaired) electrons. The van der Waals surface area contributed by atoms with Crippen molar-refractivity contribution < 1.29 is 19.3 Å². The predicted octanol–water partition coefficient (Wildman–Crippen LogP) is 1.88. The van der Waals surface area contributed by atoms with Gasteiger partial charge in [-0.2, -0.15) is 0 Å². The maximum absolute atomic E-state index is 9.54. The lowest BCUT2D eigenvalue weighted by Gasteiger charge is -2.27. The molecule has 0 spiro atoms. The van der Waals surface area contributed by atoms with Gasteiger partial charge in [-0.05, 0) is 31.0 Å². The van der Waals surface area contributed by atoms with Gasteiger partial charge in [0.25, 0.3) is 0 Å². The van der Waals surface area contributed by atoms with E-state index in [1.54, 1.807) is 7.11 Å². The lowest BCUT2D eigenvalue weighted by Crippen LogP contribution is -2.32. The maximum Gasteiger partial charge on any atom is 0.202 e. The second kappa shape index (κ2) is 5.38. The molecule has 2 atom stereocenters. The summed E-state index contributed by atoms with van der Waals surface area (Å²) in [6.07, 6.45) is 0.433. The van der Waals surface area contributed by atoms with E-state index in [1.807, 2.05) is 25.1 Å². The zero-order valence-corrected chi connectivity index (χ0v) is 10.2. The van der Waals surface area contributed by atoms with Crippen LogP contribution in [0.5, 0.6) is 11.5 Å². The van der Waals surface area contributed by atoms with E-state index >= 15 is 0 Å². The Morgan fingerprint density at radius 1 is 1.35 bits per heavy atom. The molecule has 94 valence electrons. The number of aliphatic hydroxyl groups excluding tert-OH is 1. The fourth-order valence-electron chi connectivity index (χ4n) is 1.84. The summed E-state index contributed by atoms with van der Waals surface area (Å²) in [7, 11) is 1.61. The van der Waals surface area contributed by atoms with Gasteiger partial charge in [0.1, 0.15) is 0 Å². The van der Waals surface area contributed by atoms with E-state index in [-0.39, 0.29) is 6.10 Å². The number of benzene rings is 1. The highest BCUT2D eigenvalue weighted by Crippen LogP contribution is 2.30. The van der Waals surface area contributed by atoms with E-state index in [9.17, 15) is 5.11 Å². The fraction of sp³-hybridized carbons (Fsp3) is 0.538. The average Bonchev–Trinajstić information content (AvgIpc) is 2.31. The molecule has 1 N–H and O–H groups in total. The molecule has 0 saturated carbocycles. The van der Waals surface area contributed by atoms with Crippen LogP contribution in [0, 0.1) is 6.92 Å². The number of aliphatic hydroxyl groups is 1. The molecule has 0 amide bonds. The van der Waals surface area contributed by atoms with E-state index in [0.29, 0.717) is 30.9 Å². The molecule has 1 saturated heterocycles. The van der Waals surface area contributed by atoms with Gasteiger partial charge in [-0.25, -0.2) is 0 Å². The van der Waals surface area contributed by atoms with E-state index in [0.717, 1.165) is 5.56 Å². The van der Waals surface area contributed by atoms with Crippen molar-refractivity contribution in [3.05, 3.63) is 23.8 Å². The Morgan fingerprint density at radius 3 is 2.88 bits per heavy atom. The predicted molar refractivity (Wildman–Crippen MR) is 63.3 cm³/mol. The summed E-state index contributed by atoms with van der Waals surface area (Å²) < 4.78 is 16.4. The first kappa shape index (κ1) is 12.2. The molecule has 1 heterocycles. The summed E-state index contributed by atoms with van der Waals surface area (Å²) >= 11 is 0. The fourth-order valence-corrected chi connectivity index (χ4v) is 1.84. The van der Waals surface area contributed by atoms with Gasteiger partial charge in [0.05, 0.1) is 19.8 Å². The van der Waals surface area contributed by atoms with Gasteiger partial charge in [0, 0.05) is 6.42 Å². The molecular formula is C13H18O4. The summed E-state index contributed by atoms with van der Waals surface area (Å²) in [6, 6.07) is 5.73. The van der Waals surface area contributed by atoms with Gasteiger partial charge < -0.3 is 19.3 Å². The van der Waals surface area contributed by atoms with Crippen molar-refractivity contribution in [1.29, 1.82) is 0 Å². The normalized spacial score (nSPS) is 24.4. The Labute approximate surface area is 101 Å². The molecule has 1 aromatic carbocycles. The zero-order valence-electron chi connectivity index (χ0n) is 10.2. The lowest BCUT2D eigenvalue weighted by molar-refractivity contribution is -0.137. The number of aryl methyl sites for hydroxylation is 1. The molecule has 1 fully saturated rings. The van der Waals surface area contributed by atoms with Crippen molar-refractivity contribution >= 4 is 0 Å². The molecular weight excluding hydrogens is 220 g/mol. The zero-order chi connectivity index (χ0) is 12.3. The van der Waals surface area contributed by atoms with Crippen LogP contribution in [-0.2, 0) is 4.74 Å². The minimum Gasteiger partial charge on any atom is -0.493 e. The van der Waals surface area contributed by atoms with Crippen molar-refractivity contribution in [1.82, 2.24) is 0 Å². The molecule has 0 aromatic heterocycles. The summed E-state index contributed by atoms with van der Waals surface area (Å²) in [4.78, 5) is 0. The number of rotatable bonds is 3. The highest BCUT2D eigenvalue weighted by Gasteiger charge is 2.23. The molecule has 17 heavy (non-hydrogen) atoms. The first-order chi connectivity index (χ1) is 8.19. The van der Waals surface area contributed by atoms with Crippen LogP contribution in [0.4, 0.5) is 0 Å². The molecule has 1 aliphatic heterocycles. The van der Waals surface area contributed by atoms with Crippen LogP contribution in [0.1, 0.15) is 18.4 Å². The summed E-state index contributed by atoms with van der Waals surface area (Å²) in [6.45, 7) is 2.52. The number of ether oxygens (including phenoxy) is 3. The first-order valence-electron chi connectivity index (χ1n) is 5.80. The van der Waals surface area contributed by atoms with E-state index in [4.69, 9.17) is 14.2 Å². The minimum absolute atomic E-state index is 0.342. The third kappa shape index (κ3) is 3.11. The van der Waals surface area contributed by atoms with Crippen LogP contribution < -0.4 is 9.47 Å². The van der Waals surface area contributed by atoms with Crippen LogP contribution >= 0.6 is 0 Å². The van der Waals surface area contributed by atoms with Gasteiger partial charge >= 0.3 is 0 Å². The van der Waals surface area contributed by atoms with Crippen LogP contribution in [0.2, 0.25) is 0 Å². The van der Waals surface area contributed by atoms with Gasteiger partial charge in [0.2, 0.25) is 6.29 Å². The van der Waals surface area contributed by atoms with Crippen molar-refractivity contribution in [2.75, 3.05) is 13.7 Å². The largest absolute Gasteiger partial charge is 0.493 e. The Balaban J connectivity index is 2.07. The molecule has 4 nitrogen and oxygen atoms in total. The van der Waals surface area contributed by atoms with E-state index < -0.39 is 6.29 Å². The monoisotopic (exact) mass is 238 g/mol. The Hall–Kier alpha value is -1.26. The standard InChI is InChI=1S/C13H18O4/c1-9-3-4-11(12(7-9)15-2)17-13-8-10(14)5-6-16-13/h3-4,7,10,13-14H,5-6,8H2,1-2H3. The Kier molecular flexibility index (Phi) is 3.86. The Bertz CT molecular complexity index is 378. The van der Waals surface area contributed by atoms with E-state index in [1.165, 1.54) is 0 Å². The van der Waals surface area contributed by atoms with Crippen LogP contribution in [0.25, 0.3) is 0 Å². The smallest absolute Gasteiger partial charge is 0.202 e. The summed E-state index contributed by atoms with van der Waals surface area (Å²) in [5, 5.41) is 9.54. The van der Waals surface area contributed by atoms with Crippen LogP contribution in [0.3, 0.4) is 0 Å². The summed E-state index contributed by atoms with van der Waals surface area (Å²) in [5.74, 6) is 1.34. The first-order valence-corrected chi connectivity index (χ1v) is 5.80. The molecule has 1 aliphatic rings. The van der Waals surface area contributed by atoms with E-state index in [2.05, 4.69) is 0 Å². The lowest BCUT2D eigenvalue weighted by atomic mass is 10.1. The highest BCUT2D eigenvalue weighted by atomic mass is 16.7. The number of hydrogen-bond donors (Lipinski definition) is 1. The quantitative estimate of drug-likeness (QED) is 0.873. The second-order valence-electron chi connectivity index (χ2n) is 4.25. The van der Waals surface area contributed by atoms with Crippen LogP contribution in [0.15, 0.2) is 18.2 Å². The topological polar surface area (TPSA) is 47.9 Å². The van der Waals surface area contributed by atoms with Gasteiger partial charge in [-0.1, -0.05) is 6.07 Å². The molecule has 2 rings (SSSR count). The highest BCUT2D eigenvalue weighted by molar-refractivity contribution is 5.42. The van der Waals surface area contributed by atoms with Crippen molar-refractivity contribution in [3.63, 3.8) is 0 Å². The molecule has 0 bridgehead atoms. The molecule has 1 aromatic rings. The minimum atomic E-state index is -0.393. The van der Waals surface area contributed by atoms with Gasteiger partial charge in [0.15, 0.2) is 11.5 Å². The third-order valence-electron chi connectivity index (χ3n) is 2.80. The number of methoxy groups -OCH3 is 1. The maximum atomic E-state index is 9.54. The van der Waals surface area contributed by atoms with Crippen molar-refractivity contribution in [2.24, 2.45) is 0 Å². The van der Waals surface area contributed by atoms with Crippen molar-refractivity contribution in [3.8, 4) is 11.5 Å². The third-order valence-corrected chi connectivity index (χ3v) is 2.80. The Morgan fingerprint density at radius 2 is 2.18 bits per heavy atom. The SMILES string of the molecule is COc1cc(C)ccc1OC1CC(O)CCO1. The van der Waals surface area contributed by atoms with Gasteiger partial charge in [-0.3, -0.25) is 0 Å². The molecule has 2 unspecified atom stereocenters. The molecule has 0 aliphatic carbocycles. The van der Waals surface area contributed by atoms with Gasteiger partial charge in [-0.15, -0.1) is 0 Å². The van der Waals surface area contributed by atoms with Crippen molar-refractivity contribution in [2.45, 2.75) is 32.2 Å². The van der Waals surface area contributed by atoms with Crippen LogP contribution in [-0.4, -0.2) is 31.2 Å². The number of hydrogen-bond acceptors (Lipinski definition) is 4. The summed E-state index contributed by atoms with van der Waals surface area (Å²) in [5.41, 5.74) is 1.11. The average molecular weight is 238 g/mol. The second-order valence-corrected chi connectivity index (χ2v) is 4.25. The molecule has 4 heteroatoms.